The molecule has 0 atom stereocenters. The van der Waals surface area contributed by atoms with Crippen LogP contribution in [0.1, 0.15) is 11.5 Å². The van der Waals surface area contributed by atoms with Crippen LogP contribution in [-0.4, -0.2) is 15.5 Å². The van der Waals surface area contributed by atoms with E-state index in [1.54, 1.807) is 14.0 Å². The average molecular weight is 298 g/mol. The molecule has 0 aliphatic rings. The molecule has 108 valence electrons. The lowest BCUT2D eigenvalue weighted by molar-refractivity contribution is 0.466. The summed E-state index contributed by atoms with van der Waals surface area (Å²) in [6.07, 6.45) is 0. The second kappa shape index (κ2) is 5.64. The monoisotopic (exact) mass is 298 g/mol. The third kappa shape index (κ3) is 3.17. The van der Waals surface area contributed by atoms with Crippen molar-refractivity contribution in [1.82, 2.24) is 5.32 Å². The van der Waals surface area contributed by atoms with Crippen LogP contribution in [0, 0.1) is 12.7 Å². The fraction of sp³-hybridized carbons (Fsp3) is 0.231. The van der Waals surface area contributed by atoms with E-state index >= 15 is 0 Å². The van der Waals surface area contributed by atoms with Gasteiger partial charge in [0.2, 0.25) is 0 Å². The molecule has 1 aromatic carbocycles. The summed E-state index contributed by atoms with van der Waals surface area (Å²) in [5, 5.41) is 2.87. The quantitative estimate of drug-likeness (QED) is 0.888. The van der Waals surface area contributed by atoms with E-state index < -0.39 is 15.8 Å². The number of anilines is 1. The highest BCUT2D eigenvalue weighted by molar-refractivity contribution is 7.92. The number of benzene rings is 1. The summed E-state index contributed by atoms with van der Waals surface area (Å²) < 4.78 is 45.2. The first kappa shape index (κ1) is 14.5. The van der Waals surface area contributed by atoms with Crippen LogP contribution in [0.15, 0.2) is 39.6 Å². The summed E-state index contributed by atoms with van der Waals surface area (Å²) in [4.78, 5) is 0.0482. The highest BCUT2D eigenvalue weighted by atomic mass is 32.2. The molecule has 0 spiro atoms. The molecule has 0 bridgehead atoms. The van der Waals surface area contributed by atoms with E-state index in [9.17, 15) is 12.8 Å². The summed E-state index contributed by atoms with van der Waals surface area (Å²) in [6, 6.07) is 6.72. The van der Waals surface area contributed by atoms with Crippen molar-refractivity contribution in [3.05, 3.63) is 47.7 Å². The van der Waals surface area contributed by atoms with Gasteiger partial charge in [0.1, 0.15) is 22.2 Å². The first-order chi connectivity index (χ1) is 9.42. The van der Waals surface area contributed by atoms with Crippen LogP contribution in [0.2, 0.25) is 0 Å². The zero-order chi connectivity index (χ0) is 14.8. The molecule has 0 amide bonds. The number of hydrogen-bond donors (Lipinski definition) is 2. The predicted molar refractivity (Wildman–Crippen MR) is 73.4 cm³/mol. The Morgan fingerprint density at radius 1 is 1.30 bits per heavy atom. The smallest absolute Gasteiger partial charge is 0.265 e. The molecule has 2 rings (SSSR count). The van der Waals surface area contributed by atoms with Gasteiger partial charge in [0.25, 0.3) is 10.0 Å². The van der Waals surface area contributed by atoms with Crippen molar-refractivity contribution in [3.63, 3.8) is 0 Å². The summed E-state index contributed by atoms with van der Waals surface area (Å²) in [5.41, 5.74) is 0.167. The van der Waals surface area contributed by atoms with E-state index in [1.807, 2.05) is 0 Å². The lowest BCUT2D eigenvalue weighted by Gasteiger charge is -2.06. The van der Waals surface area contributed by atoms with Crippen LogP contribution in [0.25, 0.3) is 0 Å². The molecule has 2 N–H and O–H groups in total. The van der Waals surface area contributed by atoms with Crippen molar-refractivity contribution >= 4 is 15.7 Å². The molecule has 1 heterocycles. The number of hydrogen-bond acceptors (Lipinski definition) is 4. The molecule has 0 saturated carbocycles. The summed E-state index contributed by atoms with van der Waals surface area (Å²) in [7, 11) is -2.06. The fourth-order valence-corrected chi connectivity index (χ4v) is 3.07. The van der Waals surface area contributed by atoms with Gasteiger partial charge in [-0.25, -0.2) is 12.8 Å². The van der Waals surface area contributed by atoms with Gasteiger partial charge in [0.05, 0.1) is 12.2 Å². The number of nitrogens with one attached hydrogen (secondary N) is 2. The highest BCUT2D eigenvalue weighted by Crippen LogP contribution is 2.23. The largest absolute Gasteiger partial charge is 0.464 e. The fourth-order valence-electron chi connectivity index (χ4n) is 1.81. The van der Waals surface area contributed by atoms with Crippen molar-refractivity contribution in [1.29, 1.82) is 0 Å². The Kier molecular flexibility index (Phi) is 4.10. The van der Waals surface area contributed by atoms with Gasteiger partial charge in [-0.1, -0.05) is 6.07 Å². The number of rotatable bonds is 5. The van der Waals surface area contributed by atoms with Gasteiger partial charge >= 0.3 is 0 Å². The van der Waals surface area contributed by atoms with Crippen LogP contribution in [0.3, 0.4) is 0 Å². The van der Waals surface area contributed by atoms with Gasteiger partial charge in [0, 0.05) is 6.07 Å². The van der Waals surface area contributed by atoms with Crippen molar-refractivity contribution < 1.29 is 17.2 Å². The Hall–Kier alpha value is -1.86. The zero-order valence-corrected chi connectivity index (χ0v) is 11.9. The molecule has 0 aliphatic carbocycles. The Morgan fingerprint density at radius 2 is 2.05 bits per heavy atom. The minimum absolute atomic E-state index is 0.0482. The van der Waals surface area contributed by atoms with Gasteiger partial charge in [-0.15, -0.1) is 0 Å². The first-order valence-corrected chi connectivity index (χ1v) is 7.43. The Labute approximate surface area is 116 Å². The number of halogens is 1. The number of aryl methyl sites for hydroxylation is 1. The van der Waals surface area contributed by atoms with Crippen LogP contribution in [-0.2, 0) is 16.6 Å². The van der Waals surface area contributed by atoms with Crippen LogP contribution in [0.4, 0.5) is 10.1 Å². The molecule has 2 aromatic rings. The number of sulfonamides is 1. The van der Waals surface area contributed by atoms with E-state index in [1.165, 1.54) is 24.3 Å². The molecule has 0 aliphatic heterocycles. The lowest BCUT2D eigenvalue weighted by Crippen LogP contribution is -2.13. The molecule has 0 radical (unpaired) electrons. The molecule has 0 saturated heterocycles. The minimum atomic E-state index is -3.80. The van der Waals surface area contributed by atoms with Crippen molar-refractivity contribution in [2.75, 3.05) is 11.8 Å². The average Bonchev–Trinajstić information content (AvgIpc) is 2.71. The molecule has 0 fully saturated rings. The van der Waals surface area contributed by atoms with Gasteiger partial charge in [-0.05, 0) is 32.2 Å². The Morgan fingerprint density at radius 3 is 2.70 bits per heavy atom. The SMILES string of the molecule is CNCc1cc(S(=O)(=O)Nc2cccc(F)c2)c(C)o1. The topological polar surface area (TPSA) is 71.3 Å². The summed E-state index contributed by atoms with van der Waals surface area (Å²) >= 11 is 0. The van der Waals surface area contributed by atoms with Gasteiger partial charge in [-0.3, -0.25) is 4.72 Å². The highest BCUT2D eigenvalue weighted by Gasteiger charge is 2.21. The molecular weight excluding hydrogens is 283 g/mol. The summed E-state index contributed by atoms with van der Waals surface area (Å²) in [6.45, 7) is 2.00. The van der Waals surface area contributed by atoms with E-state index in [0.717, 1.165) is 6.07 Å². The molecule has 1 aromatic heterocycles. The minimum Gasteiger partial charge on any atom is -0.464 e. The molecule has 0 unspecified atom stereocenters. The molecule has 20 heavy (non-hydrogen) atoms. The van der Waals surface area contributed by atoms with Crippen molar-refractivity contribution in [2.24, 2.45) is 0 Å². The van der Waals surface area contributed by atoms with Crippen LogP contribution >= 0.6 is 0 Å². The lowest BCUT2D eigenvalue weighted by atomic mass is 10.3. The van der Waals surface area contributed by atoms with Gasteiger partial charge < -0.3 is 9.73 Å². The number of furan rings is 1. The van der Waals surface area contributed by atoms with Gasteiger partial charge in [0.15, 0.2) is 0 Å². The van der Waals surface area contributed by atoms with E-state index in [-0.39, 0.29) is 10.6 Å². The maximum atomic E-state index is 13.1. The first-order valence-electron chi connectivity index (χ1n) is 5.94. The zero-order valence-electron chi connectivity index (χ0n) is 11.1. The van der Waals surface area contributed by atoms with E-state index in [0.29, 0.717) is 18.1 Å². The normalized spacial score (nSPS) is 11.6. The van der Waals surface area contributed by atoms with E-state index in [4.69, 9.17) is 4.42 Å². The van der Waals surface area contributed by atoms with Gasteiger partial charge in [-0.2, -0.15) is 0 Å². The predicted octanol–water partition coefficient (Wildman–Crippen LogP) is 2.25. The standard InChI is InChI=1S/C13H15FN2O3S/c1-9-13(7-12(19-9)8-15-2)20(17,18)16-11-5-3-4-10(14)6-11/h3-7,15-16H,8H2,1-2H3. The summed E-state index contributed by atoms with van der Waals surface area (Å²) in [5.74, 6) is 0.300. The third-order valence-electron chi connectivity index (χ3n) is 2.64. The Balaban J connectivity index is 2.30. The van der Waals surface area contributed by atoms with Crippen molar-refractivity contribution in [3.8, 4) is 0 Å². The van der Waals surface area contributed by atoms with Crippen LogP contribution in [0.5, 0.6) is 0 Å². The van der Waals surface area contributed by atoms with E-state index in [2.05, 4.69) is 10.0 Å². The second-order valence-corrected chi connectivity index (χ2v) is 5.93. The third-order valence-corrected chi connectivity index (χ3v) is 4.13. The maximum Gasteiger partial charge on any atom is 0.265 e. The Bertz CT molecular complexity index is 710. The molecule has 5 nitrogen and oxygen atoms in total. The molecular formula is C13H15FN2O3S. The second-order valence-electron chi connectivity index (χ2n) is 4.28. The molecule has 7 heteroatoms. The maximum absolute atomic E-state index is 13.1. The van der Waals surface area contributed by atoms with Crippen molar-refractivity contribution in [2.45, 2.75) is 18.4 Å². The van der Waals surface area contributed by atoms with Crippen LogP contribution < -0.4 is 10.0 Å².